The second kappa shape index (κ2) is 8.26. The molecule has 2 amide bonds. The average Bonchev–Trinajstić information content (AvgIpc) is 2.92. The summed E-state index contributed by atoms with van der Waals surface area (Å²) in [5, 5.41) is 15.2. The Bertz CT molecular complexity index is 571. The summed E-state index contributed by atoms with van der Waals surface area (Å²) < 4.78 is 5.04. The highest BCUT2D eigenvalue weighted by Gasteiger charge is 2.31. The summed E-state index contributed by atoms with van der Waals surface area (Å²) in [6.07, 6.45) is 0.0989. The number of benzene rings is 1. The van der Waals surface area contributed by atoms with E-state index in [1.165, 1.54) is 0 Å². The van der Waals surface area contributed by atoms with Crippen LogP contribution in [-0.2, 0) is 9.53 Å². The zero-order chi connectivity index (χ0) is 17.7. The number of amides is 2. The number of hydrogen-bond acceptors (Lipinski definition) is 4. The first kappa shape index (κ1) is 18.4. The van der Waals surface area contributed by atoms with Gasteiger partial charge in [0, 0.05) is 5.56 Å². The molecule has 2 rings (SSSR count). The Morgan fingerprint density at radius 2 is 1.96 bits per heavy atom. The van der Waals surface area contributed by atoms with Crippen LogP contribution in [0.3, 0.4) is 0 Å². The van der Waals surface area contributed by atoms with Crippen molar-refractivity contribution < 1.29 is 19.4 Å². The van der Waals surface area contributed by atoms with Crippen LogP contribution >= 0.6 is 0 Å². The summed E-state index contributed by atoms with van der Waals surface area (Å²) in [7, 11) is 0. The van der Waals surface area contributed by atoms with E-state index in [2.05, 4.69) is 10.6 Å². The fourth-order valence-electron chi connectivity index (χ4n) is 2.65. The number of aliphatic hydroxyl groups is 1. The van der Waals surface area contributed by atoms with E-state index in [1.54, 1.807) is 12.1 Å². The molecular formula is C18H26N2O4. The van der Waals surface area contributed by atoms with Crippen molar-refractivity contribution in [3.63, 3.8) is 0 Å². The first-order valence-electron chi connectivity index (χ1n) is 8.34. The second-order valence-corrected chi connectivity index (χ2v) is 6.69. The Kier molecular flexibility index (Phi) is 6.34. The van der Waals surface area contributed by atoms with E-state index in [4.69, 9.17) is 4.74 Å². The van der Waals surface area contributed by atoms with E-state index in [0.717, 1.165) is 5.56 Å². The number of rotatable bonds is 6. The fourth-order valence-corrected chi connectivity index (χ4v) is 2.65. The molecule has 1 saturated heterocycles. The van der Waals surface area contributed by atoms with Crippen molar-refractivity contribution in [3.8, 4) is 0 Å². The second-order valence-electron chi connectivity index (χ2n) is 6.69. The number of aryl methyl sites for hydroxylation is 1. The molecule has 0 spiro atoms. The maximum absolute atomic E-state index is 12.5. The first-order valence-corrected chi connectivity index (χ1v) is 8.34. The highest BCUT2D eigenvalue weighted by atomic mass is 16.6. The summed E-state index contributed by atoms with van der Waals surface area (Å²) in [5.41, 5.74) is 1.59. The molecule has 24 heavy (non-hydrogen) atoms. The molecule has 6 nitrogen and oxygen atoms in total. The predicted molar refractivity (Wildman–Crippen MR) is 90.4 cm³/mol. The number of ether oxygens (including phenoxy) is 1. The third-order valence-electron chi connectivity index (χ3n) is 4.03. The van der Waals surface area contributed by atoms with Gasteiger partial charge in [-0.15, -0.1) is 0 Å². The Morgan fingerprint density at radius 3 is 2.50 bits per heavy atom. The minimum absolute atomic E-state index is 0.240. The molecule has 0 saturated carbocycles. The minimum atomic E-state index is -0.985. The van der Waals surface area contributed by atoms with Crippen LogP contribution in [0.2, 0.25) is 0 Å². The van der Waals surface area contributed by atoms with Crippen LogP contribution < -0.4 is 10.6 Å². The topological polar surface area (TPSA) is 87.7 Å². The number of nitrogens with one attached hydrogen (secondary N) is 2. The van der Waals surface area contributed by atoms with Gasteiger partial charge in [-0.2, -0.15) is 0 Å². The van der Waals surface area contributed by atoms with Crippen LogP contribution in [-0.4, -0.2) is 41.9 Å². The van der Waals surface area contributed by atoms with Gasteiger partial charge in [0.05, 0.1) is 12.6 Å². The predicted octanol–water partition coefficient (Wildman–Crippen LogP) is 1.36. The number of aliphatic hydroxyl groups excluding tert-OH is 1. The van der Waals surface area contributed by atoms with Crippen molar-refractivity contribution in [3.05, 3.63) is 35.4 Å². The Labute approximate surface area is 142 Å². The maximum atomic E-state index is 12.5. The molecule has 0 aliphatic carbocycles. The van der Waals surface area contributed by atoms with Crippen LogP contribution in [0.1, 0.15) is 42.6 Å². The molecule has 6 heteroatoms. The van der Waals surface area contributed by atoms with Crippen molar-refractivity contribution in [1.82, 2.24) is 10.6 Å². The van der Waals surface area contributed by atoms with Crippen molar-refractivity contribution in [2.45, 2.75) is 52.0 Å². The van der Waals surface area contributed by atoms with Gasteiger partial charge in [-0.1, -0.05) is 31.5 Å². The lowest BCUT2D eigenvalue weighted by molar-refractivity contribution is -0.127. The average molecular weight is 334 g/mol. The van der Waals surface area contributed by atoms with Gasteiger partial charge in [-0.05, 0) is 37.8 Å². The van der Waals surface area contributed by atoms with E-state index in [1.807, 2.05) is 32.9 Å². The SMILES string of the molecule is Cc1ccc(C(=O)N[C@@H](CC(C)C)C(=O)N[C@H]2CCOC2O)cc1. The molecule has 0 radical (unpaired) electrons. The molecule has 1 aliphatic heterocycles. The fraction of sp³-hybridized carbons (Fsp3) is 0.556. The lowest BCUT2D eigenvalue weighted by atomic mass is 10.0. The summed E-state index contributed by atoms with van der Waals surface area (Å²) >= 11 is 0. The summed E-state index contributed by atoms with van der Waals surface area (Å²) in [6.45, 7) is 6.35. The smallest absolute Gasteiger partial charge is 0.251 e. The number of carbonyl (C=O) groups excluding carboxylic acids is 2. The molecule has 1 aliphatic rings. The van der Waals surface area contributed by atoms with Crippen molar-refractivity contribution >= 4 is 11.8 Å². The molecule has 1 aromatic carbocycles. The quantitative estimate of drug-likeness (QED) is 0.733. The van der Waals surface area contributed by atoms with Gasteiger partial charge in [0.1, 0.15) is 6.04 Å². The summed E-state index contributed by atoms with van der Waals surface area (Å²) in [6, 6.07) is 6.12. The van der Waals surface area contributed by atoms with Crippen LogP contribution in [0, 0.1) is 12.8 Å². The van der Waals surface area contributed by atoms with Crippen molar-refractivity contribution in [1.29, 1.82) is 0 Å². The Balaban J connectivity index is 2.02. The molecule has 1 aromatic rings. The molecular weight excluding hydrogens is 308 g/mol. The van der Waals surface area contributed by atoms with Gasteiger partial charge in [-0.3, -0.25) is 9.59 Å². The molecule has 0 aromatic heterocycles. The first-order chi connectivity index (χ1) is 11.4. The maximum Gasteiger partial charge on any atom is 0.251 e. The molecule has 3 N–H and O–H groups in total. The van der Waals surface area contributed by atoms with Gasteiger partial charge >= 0.3 is 0 Å². The Morgan fingerprint density at radius 1 is 1.29 bits per heavy atom. The largest absolute Gasteiger partial charge is 0.366 e. The molecule has 1 fully saturated rings. The van der Waals surface area contributed by atoms with Crippen molar-refractivity contribution in [2.24, 2.45) is 5.92 Å². The van der Waals surface area contributed by atoms with Gasteiger partial charge in [0.15, 0.2) is 6.29 Å². The zero-order valence-corrected chi connectivity index (χ0v) is 14.4. The lowest BCUT2D eigenvalue weighted by Crippen LogP contribution is -2.51. The number of carbonyl (C=O) groups is 2. The highest BCUT2D eigenvalue weighted by molar-refractivity contribution is 5.97. The zero-order valence-electron chi connectivity index (χ0n) is 14.4. The molecule has 0 bridgehead atoms. The van der Waals surface area contributed by atoms with Crippen molar-refractivity contribution in [2.75, 3.05) is 6.61 Å². The Hall–Kier alpha value is -1.92. The van der Waals surface area contributed by atoms with E-state index in [0.29, 0.717) is 25.0 Å². The summed E-state index contributed by atoms with van der Waals surface area (Å²) in [5.74, 6) is -0.332. The van der Waals surface area contributed by atoms with E-state index < -0.39 is 18.4 Å². The van der Waals surface area contributed by atoms with E-state index in [-0.39, 0.29) is 17.7 Å². The van der Waals surface area contributed by atoms with E-state index >= 15 is 0 Å². The van der Waals surface area contributed by atoms with Crippen LogP contribution in [0.25, 0.3) is 0 Å². The molecule has 132 valence electrons. The van der Waals surface area contributed by atoms with Gasteiger partial charge in [0.2, 0.25) is 5.91 Å². The third-order valence-corrected chi connectivity index (χ3v) is 4.03. The summed E-state index contributed by atoms with van der Waals surface area (Å²) in [4.78, 5) is 24.9. The van der Waals surface area contributed by atoms with E-state index in [9.17, 15) is 14.7 Å². The van der Waals surface area contributed by atoms with Gasteiger partial charge in [0.25, 0.3) is 5.91 Å². The minimum Gasteiger partial charge on any atom is -0.366 e. The van der Waals surface area contributed by atoms with Crippen LogP contribution in [0.5, 0.6) is 0 Å². The molecule has 1 unspecified atom stereocenters. The third kappa shape index (κ3) is 5.04. The highest BCUT2D eigenvalue weighted by Crippen LogP contribution is 2.13. The van der Waals surface area contributed by atoms with Gasteiger partial charge in [-0.25, -0.2) is 0 Å². The lowest BCUT2D eigenvalue weighted by Gasteiger charge is -2.23. The van der Waals surface area contributed by atoms with Crippen LogP contribution in [0.15, 0.2) is 24.3 Å². The van der Waals surface area contributed by atoms with Gasteiger partial charge < -0.3 is 20.5 Å². The standard InChI is InChI=1S/C18H26N2O4/c1-11(2)10-15(17(22)19-14-8-9-24-18(14)23)20-16(21)13-6-4-12(3)5-7-13/h4-7,11,14-15,18,23H,8-10H2,1-3H3,(H,19,22)(H,20,21)/t14-,15-,18?/m0/s1. The monoisotopic (exact) mass is 334 g/mol. The molecule has 1 heterocycles. The molecule has 3 atom stereocenters. The normalized spacial score (nSPS) is 21.5. The van der Waals surface area contributed by atoms with Crippen LogP contribution in [0.4, 0.5) is 0 Å². The number of hydrogen-bond donors (Lipinski definition) is 3.